The normalized spacial score (nSPS) is 16.5. The van der Waals surface area contributed by atoms with Crippen molar-refractivity contribution in [3.8, 4) is 0 Å². The number of hydrogen-bond acceptors (Lipinski definition) is 3. The van der Waals surface area contributed by atoms with Crippen LogP contribution in [0.1, 0.15) is 41.3 Å². The highest BCUT2D eigenvalue weighted by molar-refractivity contribution is 6.11. The molecule has 1 fully saturated rings. The number of likely N-dealkylation sites (tertiary alicyclic amines) is 1. The first kappa shape index (κ1) is 18.3. The zero-order chi connectivity index (χ0) is 19.5. The summed E-state index contributed by atoms with van der Waals surface area (Å²) < 4.78 is 5.46. The summed E-state index contributed by atoms with van der Waals surface area (Å²) in [5, 5.41) is 0.925. The van der Waals surface area contributed by atoms with Gasteiger partial charge in [-0.05, 0) is 42.5 Å². The summed E-state index contributed by atoms with van der Waals surface area (Å²) >= 11 is 0. The van der Waals surface area contributed by atoms with Gasteiger partial charge in [0, 0.05) is 29.2 Å². The van der Waals surface area contributed by atoms with Gasteiger partial charge in [-0.2, -0.15) is 0 Å². The molecule has 0 spiro atoms. The lowest BCUT2D eigenvalue weighted by Crippen LogP contribution is -2.40. The van der Waals surface area contributed by atoms with Crippen LogP contribution in [0.4, 0.5) is 4.79 Å². The van der Waals surface area contributed by atoms with E-state index >= 15 is 0 Å². The summed E-state index contributed by atoms with van der Waals surface area (Å²) in [6.07, 6.45) is 3.72. The fraction of sp³-hybridized carbons (Fsp3) is 0.304. The molecule has 28 heavy (non-hydrogen) atoms. The minimum absolute atomic E-state index is 0.0198. The number of nitrogens with one attached hydrogen (secondary N) is 1. The zero-order valence-corrected chi connectivity index (χ0v) is 16.0. The summed E-state index contributed by atoms with van der Waals surface area (Å²) in [6.45, 7) is 2.85. The predicted octanol–water partition coefficient (Wildman–Crippen LogP) is 4.71. The van der Waals surface area contributed by atoms with E-state index in [2.05, 4.69) is 24.0 Å². The Kier molecular flexibility index (Phi) is 5.15. The van der Waals surface area contributed by atoms with Gasteiger partial charge in [-0.3, -0.25) is 9.69 Å². The van der Waals surface area contributed by atoms with Gasteiger partial charge in [-0.15, -0.1) is 0 Å². The van der Waals surface area contributed by atoms with Crippen molar-refractivity contribution in [1.82, 2.24) is 9.88 Å². The molecule has 144 valence electrons. The number of ketones is 1. The number of ether oxygens (including phenoxy) is 1. The average molecular weight is 376 g/mol. The molecule has 0 aliphatic carbocycles. The second kappa shape index (κ2) is 7.89. The van der Waals surface area contributed by atoms with Crippen LogP contribution in [0.3, 0.4) is 0 Å². The lowest BCUT2D eigenvalue weighted by molar-refractivity contribution is 0.0739. The van der Waals surface area contributed by atoms with Crippen molar-refractivity contribution in [3.63, 3.8) is 0 Å². The molecule has 5 nitrogen and oxygen atoms in total. The van der Waals surface area contributed by atoms with Gasteiger partial charge in [0.2, 0.25) is 0 Å². The largest absolute Gasteiger partial charge is 0.445 e. The van der Waals surface area contributed by atoms with E-state index < -0.39 is 12.1 Å². The molecule has 0 unspecified atom stereocenters. The molecule has 0 radical (unpaired) electrons. The first-order valence-electron chi connectivity index (χ1n) is 9.79. The van der Waals surface area contributed by atoms with E-state index in [0.29, 0.717) is 18.5 Å². The van der Waals surface area contributed by atoms with Crippen LogP contribution in [-0.4, -0.2) is 34.3 Å². The molecule has 0 bridgehead atoms. The van der Waals surface area contributed by atoms with Gasteiger partial charge in [-0.1, -0.05) is 43.3 Å². The number of rotatable bonds is 5. The maximum Gasteiger partial charge on any atom is 0.410 e. The highest BCUT2D eigenvalue weighted by Gasteiger charge is 2.36. The quantitative estimate of drug-likeness (QED) is 0.656. The third-order valence-electron chi connectivity index (χ3n) is 5.41. The second-order valence-corrected chi connectivity index (χ2v) is 7.19. The van der Waals surface area contributed by atoms with Gasteiger partial charge in [0.05, 0.1) is 6.04 Å². The zero-order valence-electron chi connectivity index (χ0n) is 16.0. The smallest absolute Gasteiger partial charge is 0.410 e. The lowest BCUT2D eigenvalue weighted by Gasteiger charge is -2.23. The van der Waals surface area contributed by atoms with Crippen molar-refractivity contribution in [2.24, 2.45) is 0 Å². The molecule has 1 amide bonds. The molecular formula is C23H24N2O3. The summed E-state index contributed by atoms with van der Waals surface area (Å²) in [5.74, 6) is -0.0198. The molecular weight excluding hydrogens is 352 g/mol. The standard InChI is InChI=1S/C23H24N2O3/c1-2-16-10-11-20-18(13-16)19(14-24-20)22(26)21-9-6-12-25(21)23(27)28-15-17-7-4-3-5-8-17/h3-5,7-8,10-11,13-14,21,24H,2,6,9,12,15H2,1H3/t21-/m1/s1. The maximum absolute atomic E-state index is 13.2. The molecule has 2 heterocycles. The summed E-state index contributed by atoms with van der Waals surface area (Å²) in [5.41, 5.74) is 3.71. The van der Waals surface area contributed by atoms with E-state index in [4.69, 9.17) is 4.74 Å². The van der Waals surface area contributed by atoms with Gasteiger partial charge in [0.25, 0.3) is 0 Å². The second-order valence-electron chi connectivity index (χ2n) is 7.19. The Morgan fingerprint density at radius 1 is 1.14 bits per heavy atom. The van der Waals surface area contributed by atoms with Crippen LogP contribution in [0.15, 0.2) is 54.7 Å². The minimum Gasteiger partial charge on any atom is -0.445 e. The van der Waals surface area contributed by atoms with Crippen molar-refractivity contribution in [2.45, 2.75) is 38.8 Å². The average Bonchev–Trinajstić information content (AvgIpc) is 3.39. The first-order valence-corrected chi connectivity index (χ1v) is 9.79. The van der Waals surface area contributed by atoms with Gasteiger partial charge < -0.3 is 9.72 Å². The number of aryl methyl sites for hydroxylation is 1. The van der Waals surface area contributed by atoms with Crippen LogP contribution in [0.5, 0.6) is 0 Å². The van der Waals surface area contributed by atoms with Crippen LogP contribution < -0.4 is 0 Å². The third-order valence-corrected chi connectivity index (χ3v) is 5.41. The highest BCUT2D eigenvalue weighted by atomic mass is 16.6. The Morgan fingerprint density at radius 3 is 2.75 bits per heavy atom. The Morgan fingerprint density at radius 2 is 1.96 bits per heavy atom. The van der Waals surface area contributed by atoms with Gasteiger partial charge in [0.15, 0.2) is 5.78 Å². The van der Waals surface area contributed by atoms with Crippen molar-refractivity contribution in [1.29, 1.82) is 0 Å². The van der Waals surface area contributed by atoms with Crippen LogP contribution in [-0.2, 0) is 17.8 Å². The van der Waals surface area contributed by atoms with Gasteiger partial charge >= 0.3 is 6.09 Å². The lowest BCUT2D eigenvalue weighted by atomic mass is 10.00. The van der Waals surface area contributed by atoms with Crippen LogP contribution in [0, 0.1) is 0 Å². The number of aromatic amines is 1. The van der Waals surface area contributed by atoms with E-state index in [1.54, 1.807) is 11.1 Å². The van der Waals surface area contributed by atoms with Crippen LogP contribution in [0.25, 0.3) is 10.9 Å². The van der Waals surface area contributed by atoms with E-state index in [1.807, 2.05) is 36.4 Å². The van der Waals surface area contributed by atoms with Crippen LogP contribution >= 0.6 is 0 Å². The summed E-state index contributed by atoms with van der Waals surface area (Å²) in [4.78, 5) is 30.6. The van der Waals surface area contributed by atoms with Crippen molar-refractivity contribution in [2.75, 3.05) is 6.54 Å². The molecule has 0 saturated carbocycles. The monoisotopic (exact) mass is 376 g/mol. The maximum atomic E-state index is 13.2. The number of carbonyl (C=O) groups is 2. The number of fused-ring (bicyclic) bond motifs is 1. The van der Waals surface area contributed by atoms with Gasteiger partial charge in [0.1, 0.15) is 6.61 Å². The summed E-state index contributed by atoms with van der Waals surface area (Å²) in [7, 11) is 0. The molecule has 3 aromatic rings. The number of hydrogen-bond donors (Lipinski definition) is 1. The Hall–Kier alpha value is -3.08. The Bertz CT molecular complexity index is 994. The number of nitrogens with zero attached hydrogens (tertiary/aromatic N) is 1. The fourth-order valence-corrected chi connectivity index (χ4v) is 3.83. The SMILES string of the molecule is CCc1ccc2[nH]cc(C(=O)[C@H]3CCCN3C(=O)OCc3ccccc3)c2c1. The predicted molar refractivity (Wildman–Crippen MR) is 108 cm³/mol. The van der Waals surface area contributed by atoms with Crippen molar-refractivity contribution < 1.29 is 14.3 Å². The number of Topliss-reactive ketones (excluding diaryl/α,β-unsaturated/α-hetero) is 1. The number of carbonyl (C=O) groups excluding carboxylic acids is 2. The van der Waals surface area contributed by atoms with Gasteiger partial charge in [-0.25, -0.2) is 4.79 Å². The Labute approximate surface area is 164 Å². The molecule has 1 atom stereocenters. The molecule has 1 N–H and O–H groups in total. The first-order chi connectivity index (χ1) is 13.7. The molecule has 1 aliphatic rings. The highest BCUT2D eigenvalue weighted by Crippen LogP contribution is 2.27. The summed E-state index contributed by atoms with van der Waals surface area (Å²) in [6, 6.07) is 15.2. The topological polar surface area (TPSA) is 62.4 Å². The van der Waals surface area contributed by atoms with E-state index in [-0.39, 0.29) is 12.4 Å². The number of amides is 1. The van der Waals surface area contributed by atoms with Crippen molar-refractivity contribution in [3.05, 3.63) is 71.4 Å². The molecule has 1 saturated heterocycles. The molecule has 1 aliphatic heterocycles. The Balaban J connectivity index is 1.51. The molecule has 1 aromatic heterocycles. The number of aromatic nitrogens is 1. The van der Waals surface area contributed by atoms with E-state index in [1.165, 1.54) is 5.56 Å². The molecule has 4 rings (SSSR count). The van der Waals surface area contributed by atoms with Crippen LogP contribution in [0.2, 0.25) is 0 Å². The number of benzene rings is 2. The van der Waals surface area contributed by atoms with E-state index in [0.717, 1.165) is 29.3 Å². The fourth-order valence-electron chi connectivity index (χ4n) is 3.83. The van der Waals surface area contributed by atoms with Crippen molar-refractivity contribution >= 4 is 22.8 Å². The third kappa shape index (κ3) is 3.52. The molecule has 5 heteroatoms. The van der Waals surface area contributed by atoms with E-state index in [9.17, 15) is 9.59 Å². The molecule has 2 aromatic carbocycles. The minimum atomic E-state index is -0.465. The number of H-pyrrole nitrogens is 1.